The molecule has 1 aliphatic carbocycles. The van der Waals surface area contributed by atoms with Gasteiger partial charge in [-0.25, -0.2) is 0 Å². The molecular formula is C14H26N2O2. The highest BCUT2D eigenvalue weighted by molar-refractivity contribution is 5.71. The number of likely N-dealkylation sites (N-methyl/N-ethyl adjacent to an activating group) is 1. The molecule has 1 saturated heterocycles. The average molecular weight is 254 g/mol. The molecule has 0 radical (unpaired) electrons. The number of piperazine rings is 1. The zero-order chi connectivity index (χ0) is 13.0. The van der Waals surface area contributed by atoms with Crippen LogP contribution in [0.4, 0.5) is 0 Å². The normalized spacial score (nSPS) is 28.2. The molecular weight excluding hydrogens is 228 g/mol. The molecule has 2 rings (SSSR count). The van der Waals surface area contributed by atoms with E-state index in [1.165, 1.54) is 39.2 Å². The number of carbonyl (C=O) groups is 1. The first-order chi connectivity index (χ1) is 8.70. The molecule has 0 amide bonds. The van der Waals surface area contributed by atoms with Crippen molar-refractivity contribution < 1.29 is 9.53 Å². The average Bonchev–Trinajstić information content (AvgIpc) is 2.41. The van der Waals surface area contributed by atoms with E-state index in [9.17, 15) is 4.79 Å². The summed E-state index contributed by atoms with van der Waals surface area (Å²) in [6.45, 7) is 3.61. The van der Waals surface area contributed by atoms with Crippen molar-refractivity contribution in [1.29, 1.82) is 0 Å². The summed E-state index contributed by atoms with van der Waals surface area (Å²) in [6, 6.07) is 0.545. The van der Waals surface area contributed by atoms with Crippen molar-refractivity contribution in [3.05, 3.63) is 0 Å². The van der Waals surface area contributed by atoms with Gasteiger partial charge in [0.2, 0.25) is 0 Å². The molecule has 2 aliphatic rings. The van der Waals surface area contributed by atoms with Gasteiger partial charge in [0.1, 0.15) is 0 Å². The Hall–Kier alpha value is -0.610. The predicted octanol–water partition coefficient (Wildman–Crippen LogP) is 1.36. The highest BCUT2D eigenvalue weighted by Crippen LogP contribution is 2.30. The third kappa shape index (κ3) is 3.45. The van der Waals surface area contributed by atoms with Crippen molar-refractivity contribution in [2.24, 2.45) is 5.92 Å². The summed E-state index contributed by atoms with van der Waals surface area (Å²) in [6.07, 6.45) is 6.76. The molecule has 1 atom stereocenters. The van der Waals surface area contributed by atoms with Gasteiger partial charge in [-0.3, -0.25) is 9.69 Å². The maximum absolute atomic E-state index is 11.5. The molecule has 18 heavy (non-hydrogen) atoms. The lowest BCUT2D eigenvalue weighted by Crippen LogP contribution is -2.56. The van der Waals surface area contributed by atoms with Gasteiger partial charge in [-0.05, 0) is 25.8 Å². The lowest BCUT2D eigenvalue weighted by molar-refractivity contribution is -0.143. The van der Waals surface area contributed by atoms with Crippen molar-refractivity contribution in [3.8, 4) is 0 Å². The summed E-state index contributed by atoms with van der Waals surface area (Å²) in [7, 11) is 3.67. The quantitative estimate of drug-likeness (QED) is 0.712. The van der Waals surface area contributed by atoms with Gasteiger partial charge >= 0.3 is 5.97 Å². The Morgan fingerprint density at radius 1 is 1.22 bits per heavy atom. The standard InChI is InChI=1S/C14H26N2O2/c1-15-8-9-16(11-14(17)18-2)13(10-15)12-6-4-3-5-7-12/h12-13H,3-11H2,1-2H3. The fraction of sp³-hybridized carbons (Fsp3) is 0.929. The lowest BCUT2D eigenvalue weighted by atomic mass is 9.82. The van der Waals surface area contributed by atoms with Crippen molar-refractivity contribution >= 4 is 5.97 Å². The van der Waals surface area contributed by atoms with E-state index in [1.54, 1.807) is 0 Å². The number of hydrogen-bond acceptors (Lipinski definition) is 4. The second-order valence-corrected chi connectivity index (χ2v) is 5.77. The Morgan fingerprint density at radius 2 is 1.94 bits per heavy atom. The summed E-state index contributed by atoms with van der Waals surface area (Å²) in [5.41, 5.74) is 0. The Morgan fingerprint density at radius 3 is 2.61 bits per heavy atom. The first-order valence-electron chi connectivity index (χ1n) is 7.20. The van der Waals surface area contributed by atoms with Crippen LogP contribution in [-0.2, 0) is 9.53 Å². The van der Waals surface area contributed by atoms with E-state index in [1.807, 2.05) is 0 Å². The van der Waals surface area contributed by atoms with Gasteiger partial charge in [0.05, 0.1) is 13.7 Å². The Balaban J connectivity index is 1.98. The number of hydrogen-bond donors (Lipinski definition) is 0. The van der Waals surface area contributed by atoms with Crippen molar-refractivity contribution in [3.63, 3.8) is 0 Å². The van der Waals surface area contributed by atoms with Crippen LogP contribution in [0.3, 0.4) is 0 Å². The highest BCUT2D eigenvalue weighted by Gasteiger charge is 2.33. The molecule has 0 spiro atoms. The molecule has 1 saturated carbocycles. The van der Waals surface area contributed by atoms with Gasteiger partial charge in [-0.2, -0.15) is 0 Å². The maximum Gasteiger partial charge on any atom is 0.319 e. The number of esters is 1. The Labute approximate surface area is 110 Å². The van der Waals surface area contributed by atoms with Crippen LogP contribution in [0.1, 0.15) is 32.1 Å². The third-order valence-electron chi connectivity index (χ3n) is 4.49. The van der Waals surface area contributed by atoms with Gasteiger partial charge in [0.25, 0.3) is 0 Å². The predicted molar refractivity (Wildman–Crippen MR) is 71.4 cm³/mol. The van der Waals surface area contributed by atoms with E-state index in [-0.39, 0.29) is 5.97 Å². The molecule has 1 unspecified atom stereocenters. The van der Waals surface area contributed by atoms with Crippen LogP contribution in [0.2, 0.25) is 0 Å². The molecule has 2 fully saturated rings. The number of ether oxygens (including phenoxy) is 1. The zero-order valence-electron chi connectivity index (χ0n) is 11.7. The van der Waals surface area contributed by atoms with Crippen LogP contribution < -0.4 is 0 Å². The minimum absolute atomic E-state index is 0.0969. The van der Waals surface area contributed by atoms with E-state index in [4.69, 9.17) is 4.74 Å². The van der Waals surface area contributed by atoms with Crippen LogP contribution in [0.15, 0.2) is 0 Å². The van der Waals surface area contributed by atoms with Crippen molar-refractivity contribution in [1.82, 2.24) is 9.80 Å². The van der Waals surface area contributed by atoms with E-state index in [0.717, 1.165) is 25.6 Å². The van der Waals surface area contributed by atoms with Crippen LogP contribution in [-0.4, -0.2) is 62.1 Å². The molecule has 0 N–H and O–H groups in total. The second-order valence-electron chi connectivity index (χ2n) is 5.77. The third-order valence-corrected chi connectivity index (χ3v) is 4.49. The molecule has 1 heterocycles. The number of carbonyl (C=O) groups excluding carboxylic acids is 1. The van der Waals surface area contributed by atoms with E-state index in [2.05, 4.69) is 16.8 Å². The molecule has 4 nitrogen and oxygen atoms in total. The van der Waals surface area contributed by atoms with E-state index < -0.39 is 0 Å². The summed E-state index contributed by atoms with van der Waals surface area (Å²) in [5.74, 6) is 0.673. The van der Waals surface area contributed by atoms with Crippen LogP contribution in [0, 0.1) is 5.92 Å². The molecule has 0 bridgehead atoms. The van der Waals surface area contributed by atoms with Crippen molar-refractivity contribution in [2.75, 3.05) is 40.3 Å². The Kier molecular flexibility index (Phi) is 5.01. The SMILES string of the molecule is COC(=O)CN1CCN(C)CC1C1CCCCC1. The maximum atomic E-state index is 11.5. The topological polar surface area (TPSA) is 32.8 Å². The molecule has 0 aromatic carbocycles. The lowest BCUT2D eigenvalue weighted by Gasteiger charge is -2.44. The molecule has 1 aliphatic heterocycles. The molecule has 0 aromatic heterocycles. The fourth-order valence-electron chi connectivity index (χ4n) is 3.38. The van der Waals surface area contributed by atoms with Crippen LogP contribution in [0.25, 0.3) is 0 Å². The number of methoxy groups -OCH3 is 1. The summed E-state index contributed by atoms with van der Waals surface area (Å²) >= 11 is 0. The summed E-state index contributed by atoms with van der Waals surface area (Å²) in [5, 5.41) is 0. The van der Waals surface area contributed by atoms with E-state index >= 15 is 0 Å². The molecule has 4 heteroatoms. The summed E-state index contributed by atoms with van der Waals surface area (Å²) < 4.78 is 4.82. The van der Waals surface area contributed by atoms with Crippen LogP contribution >= 0.6 is 0 Å². The zero-order valence-corrected chi connectivity index (χ0v) is 11.7. The first-order valence-corrected chi connectivity index (χ1v) is 7.20. The van der Waals surface area contributed by atoms with E-state index in [0.29, 0.717) is 12.6 Å². The molecule has 0 aromatic rings. The van der Waals surface area contributed by atoms with Gasteiger partial charge in [0.15, 0.2) is 0 Å². The van der Waals surface area contributed by atoms with Crippen LogP contribution in [0.5, 0.6) is 0 Å². The minimum atomic E-state index is -0.0969. The highest BCUT2D eigenvalue weighted by atomic mass is 16.5. The summed E-state index contributed by atoms with van der Waals surface area (Å²) in [4.78, 5) is 16.3. The number of nitrogens with zero attached hydrogens (tertiary/aromatic N) is 2. The van der Waals surface area contributed by atoms with Gasteiger partial charge in [-0.15, -0.1) is 0 Å². The largest absolute Gasteiger partial charge is 0.468 e. The minimum Gasteiger partial charge on any atom is -0.468 e. The smallest absolute Gasteiger partial charge is 0.319 e. The first kappa shape index (κ1) is 13.8. The Bertz CT molecular complexity index is 277. The molecule has 104 valence electrons. The fourth-order valence-corrected chi connectivity index (χ4v) is 3.38. The van der Waals surface area contributed by atoms with Gasteiger partial charge in [0, 0.05) is 25.7 Å². The number of rotatable bonds is 3. The second kappa shape index (κ2) is 6.53. The van der Waals surface area contributed by atoms with Crippen molar-refractivity contribution in [2.45, 2.75) is 38.1 Å². The monoisotopic (exact) mass is 254 g/mol. The van der Waals surface area contributed by atoms with Gasteiger partial charge in [-0.1, -0.05) is 19.3 Å². The van der Waals surface area contributed by atoms with Gasteiger partial charge < -0.3 is 9.64 Å².